The number of thioether (sulfide) groups is 1. The van der Waals surface area contributed by atoms with Gasteiger partial charge in [0.2, 0.25) is 0 Å². The van der Waals surface area contributed by atoms with Crippen molar-refractivity contribution in [3.8, 4) is 17.2 Å². The standard InChI is InChI=1S/C31H38N2O5S/c1-35-15-4-13-33-14-16-36-29-12-7-22(17-27(29)33)21-37-30-20-32-19-28(34)31(30)23-8-10-24(11-9-23)38-25-5-3-6-26(18-25)39-2/h3,5-12,17-18,28,30-32,34H,4,13-16,19-21H2,1-2H3. The zero-order valence-corrected chi connectivity index (χ0v) is 23.5. The van der Waals surface area contributed by atoms with Crippen molar-refractivity contribution in [1.29, 1.82) is 0 Å². The summed E-state index contributed by atoms with van der Waals surface area (Å²) in [5.41, 5.74) is 3.24. The van der Waals surface area contributed by atoms with E-state index in [1.54, 1.807) is 18.9 Å². The van der Waals surface area contributed by atoms with Gasteiger partial charge in [-0.1, -0.05) is 24.3 Å². The molecule has 0 saturated carbocycles. The summed E-state index contributed by atoms with van der Waals surface area (Å²) in [7, 11) is 1.74. The number of nitrogens with one attached hydrogen (secondary N) is 1. The van der Waals surface area contributed by atoms with Gasteiger partial charge in [0, 0.05) is 44.2 Å². The van der Waals surface area contributed by atoms with Crippen molar-refractivity contribution < 1.29 is 24.1 Å². The molecule has 0 bridgehead atoms. The molecule has 0 spiro atoms. The number of nitrogens with zero attached hydrogens (tertiary/aromatic N) is 1. The molecule has 2 heterocycles. The van der Waals surface area contributed by atoms with Crippen LogP contribution in [0, 0.1) is 0 Å². The van der Waals surface area contributed by atoms with Crippen LogP contribution in [0.4, 0.5) is 5.69 Å². The first kappa shape index (κ1) is 27.8. The Morgan fingerprint density at radius 2 is 1.92 bits per heavy atom. The van der Waals surface area contributed by atoms with Gasteiger partial charge in [-0.05, 0) is 66.3 Å². The van der Waals surface area contributed by atoms with E-state index in [-0.39, 0.29) is 12.0 Å². The van der Waals surface area contributed by atoms with Gasteiger partial charge < -0.3 is 34.3 Å². The summed E-state index contributed by atoms with van der Waals surface area (Å²) in [6, 6.07) is 22.3. The number of aliphatic hydroxyl groups is 1. The molecule has 3 unspecified atom stereocenters. The van der Waals surface area contributed by atoms with Crippen LogP contribution in [0.2, 0.25) is 0 Å². The van der Waals surface area contributed by atoms with E-state index in [0.717, 1.165) is 65.1 Å². The molecule has 208 valence electrons. The molecule has 2 N–H and O–H groups in total. The van der Waals surface area contributed by atoms with Gasteiger partial charge in [0.25, 0.3) is 0 Å². The third kappa shape index (κ3) is 7.07. The molecule has 5 rings (SSSR count). The quantitative estimate of drug-likeness (QED) is 0.253. The summed E-state index contributed by atoms with van der Waals surface area (Å²) < 4.78 is 23.6. The second-order valence-electron chi connectivity index (χ2n) is 9.93. The van der Waals surface area contributed by atoms with E-state index in [2.05, 4.69) is 34.7 Å². The number of fused-ring (bicyclic) bond motifs is 1. The monoisotopic (exact) mass is 550 g/mol. The van der Waals surface area contributed by atoms with Crippen LogP contribution in [-0.4, -0.2) is 70.1 Å². The minimum atomic E-state index is -0.540. The summed E-state index contributed by atoms with van der Waals surface area (Å²) in [4.78, 5) is 3.52. The number of β-amino-alcohol motifs (C(OH)–C–C–N with tert-alkyl or cyclic N) is 1. The average Bonchev–Trinajstić information content (AvgIpc) is 2.97. The van der Waals surface area contributed by atoms with Crippen molar-refractivity contribution in [2.24, 2.45) is 0 Å². The number of benzene rings is 3. The number of aliphatic hydroxyl groups excluding tert-OH is 1. The molecule has 0 aromatic heterocycles. The highest BCUT2D eigenvalue weighted by molar-refractivity contribution is 7.98. The van der Waals surface area contributed by atoms with E-state index >= 15 is 0 Å². The Bertz CT molecular complexity index is 1210. The van der Waals surface area contributed by atoms with Crippen molar-refractivity contribution >= 4 is 17.4 Å². The zero-order valence-electron chi connectivity index (χ0n) is 22.7. The van der Waals surface area contributed by atoms with Crippen molar-refractivity contribution in [3.63, 3.8) is 0 Å². The fourth-order valence-corrected chi connectivity index (χ4v) is 5.73. The van der Waals surface area contributed by atoms with E-state index in [4.69, 9.17) is 18.9 Å². The van der Waals surface area contributed by atoms with Gasteiger partial charge in [-0.25, -0.2) is 0 Å². The van der Waals surface area contributed by atoms with Crippen LogP contribution < -0.4 is 19.7 Å². The molecular formula is C31H38N2O5S. The van der Waals surface area contributed by atoms with Crippen LogP contribution in [-0.2, 0) is 16.1 Å². The number of ether oxygens (including phenoxy) is 4. The number of piperidine rings is 1. The second kappa shape index (κ2) is 13.5. The maximum Gasteiger partial charge on any atom is 0.142 e. The molecule has 39 heavy (non-hydrogen) atoms. The average molecular weight is 551 g/mol. The van der Waals surface area contributed by atoms with Crippen LogP contribution >= 0.6 is 11.8 Å². The molecule has 2 aliphatic heterocycles. The van der Waals surface area contributed by atoms with Gasteiger partial charge in [-0.15, -0.1) is 11.8 Å². The fourth-order valence-electron chi connectivity index (χ4n) is 5.28. The lowest BCUT2D eigenvalue weighted by atomic mass is 9.85. The predicted molar refractivity (Wildman–Crippen MR) is 156 cm³/mol. The Morgan fingerprint density at radius 3 is 2.74 bits per heavy atom. The molecule has 0 radical (unpaired) electrons. The molecular weight excluding hydrogens is 512 g/mol. The summed E-state index contributed by atoms with van der Waals surface area (Å²) in [6.07, 6.45) is 2.32. The number of hydrogen-bond acceptors (Lipinski definition) is 8. The molecule has 3 atom stereocenters. The van der Waals surface area contributed by atoms with E-state index in [9.17, 15) is 5.11 Å². The summed E-state index contributed by atoms with van der Waals surface area (Å²) in [6.45, 7) is 4.91. The number of anilines is 1. The van der Waals surface area contributed by atoms with Crippen molar-refractivity contribution in [1.82, 2.24) is 5.32 Å². The highest BCUT2D eigenvalue weighted by Gasteiger charge is 2.34. The second-order valence-corrected chi connectivity index (χ2v) is 10.8. The smallest absolute Gasteiger partial charge is 0.142 e. The van der Waals surface area contributed by atoms with Crippen LogP contribution in [0.15, 0.2) is 71.6 Å². The molecule has 3 aromatic rings. The van der Waals surface area contributed by atoms with Gasteiger partial charge >= 0.3 is 0 Å². The lowest BCUT2D eigenvalue weighted by molar-refractivity contribution is -0.0328. The Morgan fingerprint density at radius 1 is 1.05 bits per heavy atom. The predicted octanol–water partition coefficient (Wildman–Crippen LogP) is 5.07. The number of methoxy groups -OCH3 is 1. The van der Waals surface area contributed by atoms with Gasteiger partial charge in [-0.2, -0.15) is 0 Å². The maximum absolute atomic E-state index is 10.9. The highest BCUT2D eigenvalue weighted by Crippen LogP contribution is 2.35. The van der Waals surface area contributed by atoms with Crippen molar-refractivity contribution in [3.05, 3.63) is 77.9 Å². The van der Waals surface area contributed by atoms with Crippen molar-refractivity contribution in [2.45, 2.75) is 36.0 Å². The SMILES string of the molecule is COCCCN1CCOc2ccc(COC3CNCC(O)C3c3ccc(Oc4cccc(SC)c4)cc3)cc21. The van der Waals surface area contributed by atoms with E-state index in [1.165, 1.54) is 0 Å². The summed E-state index contributed by atoms with van der Waals surface area (Å²) in [5, 5.41) is 14.3. The molecule has 8 heteroatoms. The van der Waals surface area contributed by atoms with Crippen LogP contribution in [0.5, 0.6) is 17.2 Å². The molecule has 0 aliphatic carbocycles. The van der Waals surface area contributed by atoms with Gasteiger partial charge in [0.05, 0.1) is 31.0 Å². The Kier molecular flexibility index (Phi) is 9.66. The summed E-state index contributed by atoms with van der Waals surface area (Å²) in [5.74, 6) is 2.36. The minimum Gasteiger partial charge on any atom is -0.490 e. The first-order chi connectivity index (χ1) is 19.1. The molecule has 1 saturated heterocycles. The third-order valence-electron chi connectivity index (χ3n) is 7.28. The van der Waals surface area contributed by atoms with Crippen LogP contribution in [0.25, 0.3) is 0 Å². The van der Waals surface area contributed by atoms with Crippen molar-refractivity contribution in [2.75, 3.05) is 57.7 Å². The molecule has 1 fully saturated rings. The Labute approximate surface area is 235 Å². The topological polar surface area (TPSA) is 72.4 Å². The normalized spacial score (nSPS) is 20.8. The number of rotatable bonds is 11. The van der Waals surface area contributed by atoms with Crippen LogP contribution in [0.1, 0.15) is 23.5 Å². The lowest BCUT2D eigenvalue weighted by Crippen LogP contribution is -2.49. The van der Waals surface area contributed by atoms with Crippen LogP contribution in [0.3, 0.4) is 0 Å². The number of hydrogen-bond donors (Lipinski definition) is 2. The van der Waals surface area contributed by atoms with Gasteiger partial charge in [-0.3, -0.25) is 0 Å². The van der Waals surface area contributed by atoms with E-state index in [0.29, 0.717) is 26.3 Å². The molecule has 7 nitrogen and oxygen atoms in total. The minimum absolute atomic E-state index is 0.133. The molecule has 2 aliphatic rings. The van der Waals surface area contributed by atoms with Gasteiger partial charge in [0.1, 0.15) is 23.9 Å². The maximum atomic E-state index is 10.9. The fraction of sp³-hybridized carbons (Fsp3) is 0.419. The molecule has 0 amide bonds. The van der Waals surface area contributed by atoms with Gasteiger partial charge in [0.15, 0.2) is 0 Å². The molecule has 3 aromatic carbocycles. The first-order valence-corrected chi connectivity index (χ1v) is 14.8. The first-order valence-electron chi connectivity index (χ1n) is 13.6. The Hall–Kier alpha value is -2.75. The largest absolute Gasteiger partial charge is 0.490 e. The van der Waals surface area contributed by atoms with E-state index < -0.39 is 6.10 Å². The van der Waals surface area contributed by atoms with E-state index in [1.807, 2.05) is 48.5 Å². The highest BCUT2D eigenvalue weighted by atomic mass is 32.2. The lowest BCUT2D eigenvalue weighted by Gasteiger charge is -2.36. The zero-order chi connectivity index (χ0) is 27.0. The summed E-state index contributed by atoms with van der Waals surface area (Å²) >= 11 is 1.69. The Balaban J connectivity index is 1.25. The third-order valence-corrected chi connectivity index (χ3v) is 8.00.